The highest BCUT2D eigenvalue weighted by Crippen LogP contribution is 2.27. The molecule has 1 aromatic rings. The average molecular weight is 338 g/mol. The van der Waals surface area contributed by atoms with Crippen LogP contribution < -0.4 is 9.46 Å². The maximum atomic E-state index is 11.9. The predicted molar refractivity (Wildman–Crippen MR) is 72.4 cm³/mol. The summed E-state index contributed by atoms with van der Waals surface area (Å²) in [7, 11) is -1.98. The molecule has 0 aliphatic heterocycles. The van der Waals surface area contributed by atoms with Crippen molar-refractivity contribution in [2.45, 2.75) is 11.8 Å². The fraction of sp³-hybridized carbons (Fsp3) is 0.455. The van der Waals surface area contributed by atoms with Gasteiger partial charge in [-0.3, -0.25) is 0 Å². The van der Waals surface area contributed by atoms with Gasteiger partial charge >= 0.3 is 0 Å². The maximum Gasteiger partial charge on any atom is 0.240 e. The van der Waals surface area contributed by atoms with Crippen LogP contribution in [0.5, 0.6) is 5.75 Å². The first-order chi connectivity index (χ1) is 8.51. The van der Waals surface area contributed by atoms with Crippen molar-refractivity contribution in [1.29, 1.82) is 0 Å². The van der Waals surface area contributed by atoms with Gasteiger partial charge in [-0.2, -0.15) is 0 Å². The Morgan fingerprint density at radius 3 is 2.67 bits per heavy atom. The Labute approximate surface area is 116 Å². The lowest BCUT2D eigenvalue weighted by molar-refractivity contribution is 0.153. The SMILES string of the molecule is CCOCCNS(=O)(=O)c1ccc(OC)c(Br)c1. The fourth-order valence-corrected chi connectivity index (χ4v) is 3.02. The Morgan fingerprint density at radius 2 is 2.11 bits per heavy atom. The number of sulfonamides is 1. The smallest absolute Gasteiger partial charge is 0.240 e. The van der Waals surface area contributed by atoms with E-state index >= 15 is 0 Å². The van der Waals surface area contributed by atoms with E-state index in [1.54, 1.807) is 6.07 Å². The predicted octanol–water partition coefficient (Wildman–Crippen LogP) is 1.77. The zero-order valence-corrected chi connectivity index (χ0v) is 12.7. The van der Waals surface area contributed by atoms with E-state index < -0.39 is 10.0 Å². The zero-order chi connectivity index (χ0) is 13.6. The summed E-state index contributed by atoms with van der Waals surface area (Å²) < 4.78 is 37.0. The molecule has 0 bridgehead atoms. The molecule has 0 amide bonds. The molecule has 0 aliphatic carbocycles. The van der Waals surface area contributed by atoms with Crippen LogP contribution in [0.15, 0.2) is 27.6 Å². The molecular weight excluding hydrogens is 322 g/mol. The van der Waals surface area contributed by atoms with Gasteiger partial charge in [0.2, 0.25) is 10.0 Å². The number of hydrogen-bond acceptors (Lipinski definition) is 4. The number of ether oxygens (including phenoxy) is 2. The van der Waals surface area contributed by atoms with Crippen LogP contribution in [0.25, 0.3) is 0 Å². The second-order valence-electron chi connectivity index (χ2n) is 3.39. The highest BCUT2D eigenvalue weighted by molar-refractivity contribution is 9.10. The Kier molecular flexibility index (Phi) is 6.07. The first-order valence-electron chi connectivity index (χ1n) is 5.42. The van der Waals surface area contributed by atoms with E-state index in [0.717, 1.165) is 0 Å². The Balaban J connectivity index is 2.76. The summed E-state index contributed by atoms with van der Waals surface area (Å²) in [6.07, 6.45) is 0. The van der Waals surface area contributed by atoms with Crippen LogP contribution in [-0.4, -0.2) is 35.3 Å². The van der Waals surface area contributed by atoms with Crippen molar-refractivity contribution in [2.75, 3.05) is 26.9 Å². The van der Waals surface area contributed by atoms with Crippen molar-refractivity contribution in [1.82, 2.24) is 4.72 Å². The van der Waals surface area contributed by atoms with Crippen molar-refractivity contribution < 1.29 is 17.9 Å². The van der Waals surface area contributed by atoms with E-state index in [4.69, 9.17) is 9.47 Å². The Morgan fingerprint density at radius 1 is 1.39 bits per heavy atom. The Bertz CT molecular complexity index is 490. The Hall–Kier alpha value is -0.630. The van der Waals surface area contributed by atoms with Gasteiger partial charge in [-0.15, -0.1) is 0 Å². The molecule has 1 aromatic carbocycles. The van der Waals surface area contributed by atoms with Crippen LogP contribution in [0.4, 0.5) is 0 Å². The fourth-order valence-electron chi connectivity index (χ4n) is 1.29. The first kappa shape index (κ1) is 15.4. The maximum absolute atomic E-state index is 11.9. The van der Waals surface area contributed by atoms with Crippen molar-refractivity contribution in [3.8, 4) is 5.75 Å². The van der Waals surface area contributed by atoms with Crippen LogP contribution in [0.1, 0.15) is 6.92 Å². The van der Waals surface area contributed by atoms with E-state index in [0.29, 0.717) is 23.4 Å². The molecule has 0 fully saturated rings. The van der Waals surface area contributed by atoms with Crippen LogP contribution >= 0.6 is 15.9 Å². The van der Waals surface area contributed by atoms with Gasteiger partial charge in [0.25, 0.3) is 0 Å². The molecular formula is C11H16BrNO4S. The number of methoxy groups -OCH3 is 1. The minimum absolute atomic E-state index is 0.187. The molecule has 0 aliphatic rings. The molecule has 0 unspecified atom stereocenters. The van der Waals surface area contributed by atoms with Crippen LogP contribution in [-0.2, 0) is 14.8 Å². The minimum atomic E-state index is -3.50. The monoisotopic (exact) mass is 337 g/mol. The molecule has 0 heterocycles. The summed E-state index contributed by atoms with van der Waals surface area (Å²) in [5, 5.41) is 0. The average Bonchev–Trinajstić information content (AvgIpc) is 2.34. The van der Waals surface area contributed by atoms with Gasteiger partial charge in [0.1, 0.15) is 5.75 Å². The van der Waals surface area contributed by atoms with Crippen molar-refractivity contribution in [3.05, 3.63) is 22.7 Å². The van der Waals surface area contributed by atoms with E-state index in [1.807, 2.05) is 6.92 Å². The minimum Gasteiger partial charge on any atom is -0.496 e. The van der Waals surface area contributed by atoms with Gasteiger partial charge < -0.3 is 9.47 Å². The van der Waals surface area contributed by atoms with Gasteiger partial charge in [-0.05, 0) is 41.1 Å². The highest BCUT2D eigenvalue weighted by Gasteiger charge is 2.15. The third-order valence-electron chi connectivity index (χ3n) is 2.18. The lowest BCUT2D eigenvalue weighted by Gasteiger charge is -2.09. The third-order valence-corrected chi connectivity index (χ3v) is 4.25. The van der Waals surface area contributed by atoms with Crippen LogP contribution in [0, 0.1) is 0 Å². The second kappa shape index (κ2) is 7.08. The molecule has 0 saturated heterocycles. The third kappa shape index (κ3) is 4.24. The largest absolute Gasteiger partial charge is 0.496 e. The zero-order valence-electron chi connectivity index (χ0n) is 10.3. The van der Waals surface area contributed by atoms with Crippen molar-refractivity contribution in [2.24, 2.45) is 0 Å². The van der Waals surface area contributed by atoms with E-state index in [9.17, 15) is 8.42 Å². The number of rotatable bonds is 7. The van der Waals surface area contributed by atoms with E-state index in [1.165, 1.54) is 19.2 Å². The number of benzene rings is 1. The molecule has 0 atom stereocenters. The van der Waals surface area contributed by atoms with Crippen LogP contribution in [0.2, 0.25) is 0 Å². The van der Waals surface area contributed by atoms with Gasteiger partial charge in [0, 0.05) is 13.2 Å². The normalized spacial score (nSPS) is 11.5. The molecule has 1 N–H and O–H groups in total. The van der Waals surface area contributed by atoms with Gasteiger partial charge in [-0.1, -0.05) is 0 Å². The standard InChI is InChI=1S/C11H16BrNO4S/c1-3-17-7-6-13-18(14,15)9-4-5-11(16-2)10(12)8-9/h4-5,8,13H,3,6-7H2,1-2H3. The first-order valence-corrected chi connectivity index (χ1v) is 7.70. The van der Waals surface area contributed by atoms with E-state index in [-0.39, 0.29) is 11.4 Å². The summed E-state index contributed by atoms with van der Waals surface area (Å²) >= 11 is 3.25. The molecule has 0 saturated carbocycles. The molecule has 0 radical (unpaired) electrons. The van der Waals surface area contributed by atoms with Crippen molar-refractivity contribution >= 4 is 26.0 Å². The van der Waals surface area contributed by atoms with Gasteiger partial charge in [0.05, 0.1) is 23.1 Å². The summed E-state index contributed by atoms with van der Waals surface area (Å²) in [6, 6.07) is 4.59. The lowest BCUT2D eigenvalue weighted by atomic mass is 10.3. The molecule has 102 valence electrons. The van der Waals surface area contributed by atoms with Gasteiger partial charge in [0.15, 0.2) is 0 Å². The van der Waals surface area contributed by atoms with Crippen LogP contribution in [0.3, 0.4) is 0 Å². The molecule has 0 spiro atoms. The number of halogens is 1. The lowest BCUT2D eigenvalue weighted by Crippen LogP contribution is -2.27. The summed E-state index contributed by atoms with van der Waals surface area (Å²) in [5.74, 6) is 0.586. The number of hydrogen-bond donors (Lipinski definition) is 1. The summed E-state index contributed by atoms with van der Waals surface area (Å²) in [4.78, 5) is 0.187. The number of nitrogens with one attached hydrogen (secondary N) is 1. The summed E-state index contributed by atoms with van der Waals surface area (Å²) in [5.41, 5.74) is 0. The second-order valence-corrected chi connectivity index (χ2v) is 6.01. The molecule has 0 aromatic heterocycles. The quantitative estimate of drug-likeness (QED) is 0.770. The van der Waals surface area contributed by atoms with Crippen molar-refractivity contribution in [3.63, 3.8) is 0 Å². The summed E-state index contributed by atoms with van der Waals surface area (Å²) in [6.45, 7) is 3.03. The van der Waals surface area contributed by atoms with E-state index in [2.05, 4.69) is 20.7 Å². The molecule has 1 rings (SSSR count). The molecule has 7 heteroatoms. The van der Waals surface area contributed by atoms with Gasteiger partial charge in [-0.25, -0.2) is 13.1 Å². The highest BCUT2D eigenvalue weighted by atomic mass is 79.9. The molecule has 18 heavy (non-hydrogen) atoms. The molecule has 5 nitrogen and oxygen atoms in total. The topological polar surface area (TPSA) is 64.6 Å².